The van der Waals surface area contributed by atoms with Crippen molar-refractivity contribution >= 4 is 0 Å². The second kappa shape index (κ2) is 10.1. The van der Waals surface area contributed by atoms with Gasteiger partial charge in [0.2, 0.25) is 0 Å². The summed E-state index contributed by atoms with van der Waals surface area (Å²) in [6.07, 6.45) is 1.01. The Labute approximate surface area is 174 Å². The quantitative estimate of drug-likeness (QED) is 0.513. The monoisotopic (exact) mass is 389 g/mol. The predicted molar refractivity (Wildman–Crippen MR) is 120 cm³/mol. The molecule has 0 spiro atoms. The van der Waals surface area contributed by atoms with Crippen LogP contribution in [0.2, 0.25) is 0 Å². The lowest BCUT2D eigenvalue weighted by molar-refractivity contribution is 0.261. The molecular weight excluding hydrogens is 358 g/mol. The zero-order valence-electron chi connectivity index (χ0n) is 17.6. The van der Waals surface area contributed by atoms with Gasteiger partial charge >= 0.3 is 0 Å². The molecule has 0 heterocycles. The van der Waals surface area contributed by atoms with E-state index < -0.39 is 0 Å². The first kappa shape index (κ1) is 20.9. The van der Waals surface area contributed by atoms with E-state index in [-0.39, 0.29) is 5.92 Å². The van der Waals surface area contributed by atoms with Crippen LogP contribution in [0.25, 0.3) is 0 Å². The van der Waals surface area contributed by atoms with Crippen LogP contribution in [0, 0.1) is 0 Å². The van der Waals surface area contributed by atoms with E-state index in [1.165, 1.54) is 11.1 Å². The van der Waals surface area contributed by atoms with Crippen LogP contribution in [0.5, 0.6) is 11.5 Å². The fourth-order valence-corrected chi connectivity index (χ4v) is 3.86. The number of phenols is 1. The zero-order chi connectivity index (χ0) is 20.6. The Morgan fingerprint density at radius 3 is 2.14 bits per heavy atom. The summed E-state index contributed by atoms with van der Waals surface area (Å²) in [7, 11) is 4.08. The Morgan fingerprint density at radius 2 is 1.52 bits per heavy atom. The number of hydrogen-bond acceptors (Lipinski definition) is 3. The van der Waals surface area contributed by atoms with Crippen LogP contribution in [-0.4, -0.2) is 37.3 Å². The first-order chi connectivity index (χ1) is 14.1. The van der Waals surface area contributed by atoms with Gasteiger partial charge in [0.15, 0.2) is 0 Å². The van der Waals surface area contributed by atoms with Gasteiger partial charge in [-0.3, -0.25) is 0 Å². The van der Waals surface area contributed by atoms with Crippen molar-refractivity contribution in [3.8, 4) is 11.5 Å². The maximum atomic E-state index is 10.1. The van der Waals surface area contributed by atoms with Crippen LogP contribution in [0.1, 0.15) is 41.9 Å². The molecule has 0 radical (unpaired) electrons. The highest BCUT2D eigenvalue weighted by molar-refractivity contribution is 5.42. The maximum Gasteiger partial charge on any atom is 0.119 e. The fourth-order valence-electron chi connectivity index (χ4n) is 3.86. The summed E-state index contributed by atoms with van der Waals surface area (Å²) in [6.45, 7) is 3.79. The van der Waals surface area contributed by atoms with E-state index in [1.807, 2.05) is 26.2 Å². The molecule has 3 heteroatoms. The fraction of sp³-hybridized carbons (Fsp3) is 0.308. The van der Waals surface area contributed by atoms with E-state index in [0.717, 1.165) is 24.3 Å². The molecule has 2 unspecified atom stereocenters. The van der Waals surface area contributed by atoms with Gasteiger partial charge in [0.25, 0.3) is 0 Å². The summed E-state index contributed by atoms with van der Waals surface area (Å²) in [5, 5.41) is 10.1. The first-order valence-electron chi connectivity index (χ1n) is 10.3. The SMILES string of the molecule is CCC(c1ccccc1)C(c1ccc(OCCN(C)C)cc1)c1cccc(O)c1. The number of benzene rings is 3. The topological polar surface area (TPSA) is 32.7 Å². The molecule has 3 rings (SSSR count). The number of nitrogens with zero attached hydrogens (tertiary/aromatic N) is 1. The molecule has 3 nitrogen and oxygen atoms in total. The van der Waals surface area contributed by atoms with Crippen molar-refractivity contribution in [3.05, 3.63) is 95.6 Å². The number of rotatable bonds is 9. The molecule has 152 valence electrons. The Balaban J connectivity index is 1.93. The number of hydrogen-bond donors (Lipinski definition) is 1. The molecule has 0 saturated carbocycles. The second-order valence-electron chi connectivity index (χ2n) is 7.72. The molecular formula is C26H31NO2. The third-order valence-corrected chi connectivity index (χ3v) is 5.35. The van der Waals surface area contributed by atoms with Crippen LogP contribution in [0.4, 0.5) is 0 Å². The summed E-state index contributed by atoms with van der Waals surface area (Å²) in [5.41, 5.74) is 3.67. The Morgan fingerprint density at radius 1 is 0.828 bits per heavy atom. The summed E-state index contributed by atoms with van der Waals surface area (Å²) < 4.78 is 5.87. The number of aromatic hydroxyl groups is 1. The van der Waals surface area contributed by atoms with E-state index in [1.54, 1.807) is 6.07 Å². The normalized spacial score (nSPS) is 13.2. The standard InChI is InChI=1S/C26H31NO2/c1-4-25(20-9-6-5-7-10-20)26(22-11-8-12-23(28)19-22)21-13-15-24(16-14-21)29-18-17-27(2)3/h5-16,19,25-26,28H,4,17-18H2,1-3H3. The number of phenolic OH excluding ortho intramolecular Hbond substituents is 1. The zero-order valence-corrected chi connectivity index (χ0v) is 17.6. The van der Waals surface area contributed by atoms with E-state index in [2.05, 4.69) is 72.5 Å². The third-order valence-electron chi connectivity index (χ3n) is 5.35. The summed E-state index contributed by atoms with van der Waals surface area (Å²) in [4.78, 5) is 2.11. The van der Waals surface area contributed by atoms with Crippen LogP contribution in [0.3, 0.4) is 0 Å². The Bertz CT molecular complexity index is 875. The minimum atomic E-state index is 0.158. The highest BCUT2D eigenvalue weighted by Gasteiger charge is 2.25. The van der Waals surface area contributed by atoms with Crippen molar-refractivity contribution in [1.82, 2.24) is 4.90 Å². The van der Waals surface area contributed by atoms with Crippen molar-refractivity contribution in [2.24, 2.45) is 0 Å². The molecule has 2 atom stereocenters. The van der Waals surface area contributed by atoms with Gasteiger partial charge in [-0.1, -0.05) is 61.5 Å². The lowest BCUT2D eigenvalue weighted by Gasteiger charge is -2.28. The van der Waals surface area contributed by atoms with E-state index >= 15 is 0 Å². The minimum absolute atomic E-state index is 0.158. The first-order valence-corrected chi connectivity index (χ1v) is 10.3. The van der Waals surface area contributed by atoms with Crippen LogP contribution in [0.15, 0.2) is 78.9 Å². The van der Waals surface area contributed by atoms with Crippen LogP contribution in [-0.2, 0) is 0 Å². The molecule has 0 bridgehead atoms. The largest absolute Gasteiger partial charge is 0.508 e. The Hall–Kier alpha value is -2.78. The van der Waals surface area contributed by atoms with Gasteiger partial charge in [-0.2, -0.15) is 0 Å². The lowest BCUT2D eigenvalue weighted by Crippen LogP contribution is -2.19. The van der Waals surface area contributed by atoms with E-state index in [0.29, 0.717) is 18.3 Å². The number of likely N-dealkylation sites (N-methyl/N-ethyl adjacent to an activating group) is 1. The molecule has 0 aromatic heterocycles. The molecule has 0 aliphatic heterocycles. The Kier molecular flexibility index (Phi) is 7.31. The average Bonchev–Trinajstić information content (AvgIpc) is 2.73. The maximum absolute atomic E-state index is 10.1. The highest BCUT2D eigenvalue weighted by Crippen LogP contribution is 2.41. The smallest absolute Gasteiger partial charge is 0.119 e. The molecule has 1 N–H and O–H groups in total. The van der Waals surface area contributed by atoms with E-state index in [4.69, 9.17) is 4.74 Å². The van der Waals surface area contributed by atoms with Gasteiger partial charge in [0.1, 0.15) is 18.1 Å². The average molecular weight is 390 g/mol. The van der Waals surface area contributed by atoms with Gasteiger partial charge in [0, 0.05) is 12.5 Å². The van der Waals surface area contributed by atoms with Crippen molar-refractivity contribution in [2.45, 2.75) is 25.2 Å². The molecule has 0 amide bonds. The van der Waals surface area contributed by atoms with Crippen molar-refractivity contribution in [2.75, 3.05) is 27.2 Å². The van der Waals surface area contributed by atoms with Gasteiger partial charge in [-0.25, -0.2) is 0 Å². The second-order valence-corrected chi connectivity index (χ2v) is 7.72. The van der Waals surface area contributed by atoms with Gasteiger partial charge < -0.3 is 14.7 Å². The van der Waals surface area contributed by atoms with Crippen molar-refractivity contribution in [1.29, 1.82) is 0 Å². The van der Waals surface area contributed by atoms with E-state index in [9.17, 15) is 5.11 Å². The molecule has 0 saturated heterocycles. The van der Waals surface area contributed by atoms with Gasteiger partial charge in [-0.05, 0) is 67.4 Å². The minimum Gasteiger partial charge on any atom is -0.508 e. The highest BCUT2D eigenvalue weighted by atomic mass is 16.5. The van der Waals surface area contributed by atoms with Crippen LogP contribution >= 0.6 is 0 Å². The van der Waals surface area contributed by atoms with Crippen molar-refractivity contribution < 1.29 is 9.84 Å². The summed E-state index contributed by atoms with van der Waals surface area (Å²) in [5.74, 6) is 1.67. The number of ether oxygens (including phenoxy) is 1. The summed E-state index contributed by atoms with van der Waals surface area (Å²) in [6, 6.07) is 26.7. The van der Waals surface area contributed by atoms with Gasteiger partial charge in [-0.15, -0.1) is 0 Å². The van der Waals surface area contributed by atoms with Gasteiger partial charge in [0.05, 0.1) is 0 Å². The molecule has 3 aromatic carbocycles. The molecule has 0 aliphatic rings. The third kappa shape index (κ3) is 5.61. The summed E-state index contributed by atoms with van der Waals surface area (Å²) >= 11 is 0. The molecule has 29 heavy (non-hydrogen) atoms. The van der Waals surface area contributed by atoms with Crippen molar-refractivity contribution in [3.63, 3.8) is 0 Å². The predicted octanol–water partition coefficient (Wildman–Crippen LogP) is 5.66. The molecule has 3 aromatic rings. The molecule has 0 aliphatic carbocycles. The molecule has 0 fully saturated rings. The lowest BCUT2D eigenvalue weighted by atomic mass is 9.76. The van der Waals surface area contributed by atoms with Crippen LogP contribution < -0.4 is 4.74 Å².